The highest BCUT2D eigenvalue weighted by molar-refractivity contribution is 5.27. The molecule has 0 saturated carbocycles. The van der Waals surface area contributed by atoms with E-state index in [1.807, 2.05) is 12.1 Å². The van der Waals surface area contributed by atoms with Crippen molar-refractivity contribution in [2.45, 2.75) is 25.9 Å². The Kier molecular flexibility index (Phi) is 8.26. The molecular formula is C16H28N2O2. The summed E-state index contributed by atoms with van der Waals surface area (Å²) < 4.78 is 10.5. The van der Waals surface area contributed by atoms with E-state index in [-0.39, 0.29) is 0 Å². The maximum absolute atomic E-state index is 5.33. The molecule has 114 valence electrons. The minimum absolute atomic E-state index is 0.383. The highest BCUT2D eigenvalue weighted by atomic mass is 16.5. The van der Waals surface area contributed by atoms with Gasteiger partial charge in [-0.1, -0.05) is 19.1 Å². The lowest BCUT2D eigenvalue weighted by atomic mass is 10.1. The zero-order valence-corrected chi connectivity index (χ0v) is 13.2. The van der Waals surface area contributed by atoms with Gasteiger partial charge in [-0.25, -0.2) is 0 Å². The van der Waals surface area contributed by atoms with E-state index in [1.54, 1.807) is 14.2 Å². The zero-order valence-electron chi connectivity index (χ0n) is 13.2. The van der Waals surface area contributed by atoms with Crippen LogP contribution in [0.5, 0.6) is 5.75 Å². The van der Waals surface area contributed by atoms with E-state index in [1.165, 1.54) is 5.56 Å². The standard InChI is InChI=1S/C16H28N2O2/c1-5-10-17-11-15(13-19-3)18(2)12-14-6-8-16(20-4)9-7-14/h6-9,15,17H,5,10-13H2,1-4H3. The highest BCUT2D eigenvalue weighted by Gasteiger charge is 2.14. The molecule has 4 nitrogen and oxygen atoms in total. The van der Waals surface area contributed by atoms with Crippen LogP contribution >= 0.6 is 0 Å². The van der Waals surface area contributed by atoms with Crippen LogP contribution in [0.3, 0.4) is 0 Å². The van der Waals surface area contributed by atoms with E-state index in [0.717, 1.165) is 38.4 Å². The second-order valence-electron chi connectivity index (χ2n) is 5.08. The molecular weight excluding hydrogens is 252 g/mol. The summed E-state index contributed by atoms with van der Waals surface area (Å²) in [5.41, 5.74) is 1.28. The molecule has 1 unspecified atom stereocenters. The second-order valence-corrected chi connectivity index (χ2v) is 5.08. The van der Waals surface area contributed by atoms with Crippen LogP contribution in [0.25, 0.3) is 0 Å². The van der Waals surface area contributed by atoms with Gasteiger partial charge in [-0.05, 0) is 37.7 Å². The number of methoxy groups -OCH3 is 2. The van der Waals surface area contributed by atoms with Crippen LogP contribution in [0.1, 0.15) is 18.9 Å². The van der Waals surface area contributed by atoms with E-state index >= 15 is 0 Å². The number of rotatable bonds is 10. The fraction of sp³-hybridized carbons (Fsp3) is 0.625. The molecule has 1 aromatic rings. The van der Waals surface area contributed by atoms with Crippen molar-refractivity contribution >= 4 is 0 Å². The Morgan fingerprint density at radius 1 is 1.20 bits per heavy atom. The van der Waals surface area contributed by atoms with Gasteiger partial charge in [0.15, 0.2) is 0 Å². The minimum Gasteiger partial charge on any atom is -0.497 e. The Hall–Kier alpha value is -1.10. The van der Waals surface area contributed by atoms with Crippen molar-refractivity contribution < 1.29 is 9.47 Å². The third-order valence-electron chi connectivity index (χ3n) is 3.38. The lowest BCUT2D eigenvalue weighted by Gasteiger charge is -2.28. The number of hydrogen-bond acceptors (Lipinski definition) is 4. The van der Waals surface area contributed by atoms with Crippen LogP contribution in [-0.2, 0) is 11.3 Å². The first kappa shape index (κ1) is 17.0. The van der Waals surface area contributed by atoms with E-state index in [4.69, 9.17) is 9.47 Å². The first-order chi connectivity index (χ1) is 9.71. The van der Waals surface area contributed by atoms with Crippen LogP contribution in [0.2, 0.25) is 0 Å². The Morgan fingerprint density at radius 3 is 2.45 bits per heavy atom. The molecule has 0 bridgehead atoms. The van der Waals surface area contributed by atoms with Crippen molar-refractivity contribution in [3.05, 3.63) is 29.8 Å². The van der Waals surface area contributed by atoms with Crippen LogP contribution in [0, 0.1) is 0 Å². The van der Waals surface area contributed by atoms with Gasteiger partial charge in [0.05, 0.1) is 13.7 Å². The third-order valence-corrected chi connectivity index (χ3v) is 3.38. The van der Waals surface area contributed by atoms with Crippen molar-refractivity contribution in [2.75, 3.05) is 41.0 Å². The van der Waals surface area contributed by atoms with Gasteiger partial charge >= 0.3 is 0 Å². The monoisotopic (exact) mass is 280 g/mol. The van der Waals surface area contributed by atoms with Gasteiger partial charge in [0.25, 0.3) is 0 Å². The van der Waals surface area contributed by atoms with Crippen LogP contribution in [0.15, 0.2) is 24.3 Å². The van der Waals surface area contributed by atoms with Crippen molar-refractivity contribution in [1.29, 1.82) is 0 Å². The summed E-state index contributed by atoms with van der Waals surface area (Å²) in [6, 6.07) is 8.61. The molecule has 1 rings (SSSR count). The molecule has 0 aliphatic carbocycles. The van der Waals surface area contributed by atoms with Gasteiger partial charge in [0, 0.05) is 26.2 Å². The number of ether oxygens (including phenoxy) is 2. The maximum atomic E-state index is 5.33. The second kappa shape index (κ2) is 9.75. The van der Waals surface area contributed by atoms with Gasteiger partial charge in [-0.3, -0.25) is 4.90 Å². The molecule has 20 heavy (non-hydrogen) atoms. The summed E-state index contributed by atoms with van der Waals surface area (Å²) in [4.78, 5) is 2.33. The average Bonchev–Trinajstić information content (AvgIpc) is 2.47. The largest absolute Gasteiger partial charge is 0.497 e. The normalized spacial score (nSPS) is 12.7. The first-order valence-electron chi connectivity index (χ1n) is 7.24. The lowest BCUT2D eigenvalue weighted by molar-refractivity contribution is 0.101. The Balaban J connectivity index is 2.52. The number of hydrogen-bond donors (Lipinski definition) is 1. The topological polar surface area (TPSA) is 33.7 Å². The van der Waals surface area contributed by atoms with Crippen molar-refractivity contribution in [3.63, 3.8) is 0 Å². The first-order valence-corrected chi connectivity index (χ1v) is 7.24. The van der Waals surface area contributed by atoms with Gasteiger partial charge < -0.3 is 14.8 Å². The summed E-state index contributed by atoms with van der Waals surface area (Å²) >= 11 is 0. The molecule has 0 spiro atoms. The molecule has 0 fully saturated rings. The highest BCUT2D eigenvalue weighted by Crippen LogP contribution is 2.13. The van der Waals surface area contributed by atoms with Crippen LogP contribution in [-0.4, -0.2) is 51.9 Å². The van der Waals surface area contributed by atoms with Crippen LogP contribution in [0.4, 0.5) is 0 Å². The van der Waals surface area contributed by atoms with Gasteiger partial charge in [0.1, 0.15) is 5.75 Å². The summed E-state index contributed by atoms with van der Waals surface area (Å²) in [5, 5.41) is 3.46. The quantitative estimate of drug-likeness (QED) is 0.666. The molecule has 0 aromatic heterocycles. The summed E-state index contributed by atoms with van der Waals surface area (Å²) in [7, 11) is 5.59. The minimum atomic E-state index is 0.383. The van der Waals surface area contributed by atoms with Crippen molar-refractivity contribution in [1.82, 2.24) is 10.2 Å². The van der Waals surface area contributed by atoms with E-state index < -0.39 is 0 Å². The SMILES string of the molecule is CCCNCC(COC)N(C)Cc1ccc(OC)cc1. The summed E-state index contributed by atoms with van der Waals surface area (Å²) in [5.74, 6) is 0.898. The predicted octanol–water partition coefficient (Wildman–Crippen LogP) is 2.14. The van der Waals surface area contributed by atoms with Crippen molar-refractivity contribution in [2.24, 2.45) is 0 Å². The maximum Gasteiger partial charge on any atom is 0.118 e. The smallest absolute Gasteiger partial charge is 0.118 e. The number of likely N-dealkylation sites (N-methyl/N-ethyl adjacent to an activating group) is 1. The van der Waals surface area contributed by atoms with Gasteiger partial charge in [-0.2, -0.15) is 0 Å². The third kappa shape index (κ3) is 5.90. The molecule has 1 aromatic carbocycles. The molecule has 0 radical (unpaired) electrons. The van der Waals surface area contributed by atoms with E-state index in [9.17, 15) is 0 Å². The molecule has 0 heterocycles. The Labute approximate surface area is 123 Å². The lowest BCUT2D eigenvalue weighted by Crippen LogP contribution is -2.42. The fourth-order valence-electron chi connectivity index (χ4n) is 2.13. The molecule has 1 N–H and O–H groups in total. The average molecular weight is 280 g/mol. The molecule has 0 saturated heterocycles. The van der Waals surface area contributed by atoms with Gasteiger partial charge in [-0.15, -0.1) is 0 Å². The van der Waals surface area contributed by atoms with Crippen molar-refractivity contribution in [3.8, 4) is 5.75 Å². The predicted molar refractivity (Wildman–Crippen MR) is 83.3 cm³/mol. The zero-order chi connectivity index (χ0) is 14.8. The molecule has 1 atom stereocenters. The van der Waals surface area contributed by atoms with E-state index in [0.29, 0.717) is 6.04 Å². The van der Waals surface area contributed by atoms with Gasteiger partial charge in [0.2, 0.25) is 0 Å². The fourth-order valence-corrected chi connectivity index (χ4v) is 2.13. The summed E-state index contributed by atoms with van der Waals surface area (Å²) in [6.45, 7) is 5.83. The number of nitrogens with one attached hydrogen (secondary N) is 1. The number of nitrogens with zero attached hydrogens (tertiary/aromatic N) is 1. The Bertz CT molecular complexity index is 354. The summed E-state index contributed by atoms with van der Waals surface area (Å²) in [6.07, 6.45) is 1.15. The van der Waals surface area contributed by atoms with Crippen LogP contribution < -0.4 is 10.1 Å². The van der Waals surface area contributed by atoms with E-state index in [2.05, 4.69) is 36.3 Å². The molecule has 0 aliphatic heterocycles. The molecule has 0 aliphatic rings. The number of benzene rings is 1. The molecule has 4 heteroatoms. The Morgan fingerprint density at radius 2 is 1.90 bits per heavy atom. The molecule has 0 amide bonds.